The Morgan fingerprint density at radius 1 is 0.966 bits per heavy atom. The summed E-state index contributed by atoms with van der Waals surface area (Å²) in [7, 11) is -2.27. The predicted molar refractivity (Wildman–Crippen MR) is 114 cm³/mol. The summed E-state index contributed by atoms with van der Waals surface area (Å²) in [5.41, 5.74) is 2.28. The van der Waals surface area contributed by atoms with Crippen LogP contribution in [-0.2, 0) is 10.0 Å². The van der Waals surface area contributed by atoms with Crippen molar-refractivity contribution in [1.29, 1.82) is 0 Å². The Morgan fingerprint density at radius 3 is 2.31 bits per heavy atom. The molecule has 0 aliphatic carbocycles. The maximum atomic E-state index is 13.4. The second kappa shape index (κ2) is 7.89. The molecule has 7 heteroatoms. The summed E-state index contributed by atoms with van der Waals surface area (Å²) in [6.07, 6.45) is 0.425. The molecule has 0 fully saturated rings. The highest BCUT2D eigenvalue weighted by Gasteiger charge is 2.38. The van der Waals surface area contributed by atoms with Gasteiger partial charge in [0.1, 0.15) is 5.75 Å². The van der Waals surface area contributed by atoms with Crippen molar-refractivity contribution in [2.45, 2.75) is 17.4 Å². The summed E-state index contributed by atoms with van der Waals surface area (Å²) in [4.78, 5) is 0.195. The molecule has 3 aromatic rings. The number of halogens is 1. The minimum absolute atomic E-state index is 0.195. The van der Waals surface area contributed by atoms with Crippen LogP contribution in [0.3, 0.4) is 0 Å². The summed E-state index contributed by atoms with van der Waals surface area (Å²) < 4.78 is 33.5. The van der Waals surface area contributed by atoms with Crippen LogP contribution in [0.4, 0.5) is 0 Å². The third-order valence-electron chi connectivity index (χ3n) is 4.84. The van der Waals surface area contributed by atoms with Crippen molar-refractivity contribution < 1.29 is 13.2 Å². The van der Waals surface area contributed by atoms with E-state index in [1.54, 1.807) is 49.6 Å². The zero-order valence-electron chi connectivity index (χ0n) is 15.7. The first-order valence-corrected chi connectivity index (χ1v) is 10.9. The highest BCUT2D eigenvalue weighted by atomic mass is 35.5. The third kappa shape index (κ3) is 3.73. The average molecular weight is 427 g/mol. The largest absolute Gasteiger partial charge is 0.496 e. The number of nitrogens with zero attached hydrogens (tertiary/aromatic N) is 2. The highest BCUT2D eigenvalue weighted by molar-refractivity contribution is 7.89. The smallest absolute Gasteiger partial charge is 0.279 e. The van der Waals surface area contributed by atoms with E-state index in [4.69, 9.17) is 16.3 Å². The van der Waals surface area contributed by atoms with Crippen LogP contribution in [0.25, 0.3) is 0 Å². The number of methoxy groups -OCH3 is 1. The fourth-order valence-electron chi connectivity index (χ4n) is 3.40. The molecule has 1 aliphatic heterocycles. The third-order valence-corrected chi connectivity index (χ3v) is 6.78. The maximum absolute atomic E-state index is 13.4. The molecular weight excluding hydrogens is 408 g/mol. The van der Waals surface area contributed by atoms with Gasteiger partial charge in [0.25, 0.3) is 10.0 Å². The van der Waals surface area contributed by atoms with E-state index < -0.39 is 16.1 Å². The van der Waals surface area contributed by atoms with Crippen LogP contribution >= 0.6 is 11.6 Å². The number of ether oxygens (including phenoxy) is 1. The van der Waals surface area contributed by atoms with Crippen molar-refractivity contribution in [3.8, 4) is 5.75 Å². The van der Waals surface area contributed by atoms with Gasteiger partial charge in [-0.2, -0.15) is 17.9 Å². The monoisotopic (exact) mass is 426 g/mol. The predicted octanol–water partition coefficient (Wildman–Crippen LogP) is 4.89. The number of hydrogen-bond acceptors (Lipinski definition) is 4. The second-order valence-corrected chi connectivity index (χ2v) is 8.84. The lowest BCUT2D eigenvalue weighted by molar-refractivity contribution is 0.350. The molecule has 0 amide bonds. The molecule has 3 aromatic carbocycles. The van der Waals surface area contributed by atoms with Crippen LogP contribution in [-0.4, -0.2) is 25.7 Å². The minimum Gasteiger partial charge on any atom is -0.496 e. The summed E-state index contributed by atoms with van der Waals surface area (Å²) in [6, 6.07) is 22.5. The molecule has 0 unspecified atom stereocenters. The van der Waals surface area contributed by atoms with Gasteiger partial charge in [0.15, 0.2) is 0 Å². The van der Waals surface area contributed by atoms with Crippen molar-refractivity contribution >= 4 is 27.3 Å². The van der Waals surface area contributed by atoms with E-state index in [1.165, 1.54) is 4.41 Å². The molecule has 0 saturated carbocycles. The van der Waals surface area contributed by atoms with Crippen LogP contribution in [0.5, 0.6) is 5.75 Å². The molecule has 0 saturated heterocycles. The van der Waals surface area contributed by atoms with E-state index in [9.17, 15) is 8.42 Å². The molecule has 148 valence electrons. The quantitative estimate of drug-likeness (QED) is 0.583. The SMILES string of the molecule is COc1ccccc1[C@@H]1CC(c2ccc(Cl)cc2)=NN1S(=O)(=O)c1ccccc1. The number of sulfonamides is 1. The van der Waals surface area contributed by atoms with Crippen LogP contribution in [0, 0.1) is 0 Å². The van der Waals surface area contributed by atoms with Gasteiger partial charge >= 0.3 is 0 Å². The Bertz CT molecular complexity index is 1150. The molecule has 0 spiro atoms. The number of rotatable bonds is 5. The zero-order valence-corrected chi connectivity index (χ0v) is 17.3. The summed E-state index contributed by atoms with van der Waals surface area (Å²) in [5, 5.41) is 5.15. The van der Waals surface area contributed by atoms with Crippen LogP contribution < -0.4 is 4.74 Å². The van der Waals surface area contributed by atoms with Crippen molar-refractivity contribution in [3.05, 3.63) is 95.0 Å². The normalized spacial score (nSPS) is 16.6. The van der Waals surface area contributed by atoms with Crippen molar-refractivity contribution in [2.24, 2.45) is 5.10 Å². The second-order valence-electron chi connectivity index (χ2n) is 6.61. The fourth-order valence-corrected chi connectivity index (χ4v) is 4.97. The lowest BCUT2D eigenvalue weighted by atomic mass is 9.98. The standard InChI is InChI=1S/C22H19ClN2O3S/c1-28-22-10-6-5-9-19(22)21-15-20(16-11-13-17(23)14-12-16)24-25(21)29(26,27)18-7-3-2-4-8-18/h2-14,21H,15H2,1H3/t21-/m0/s1. The first kappa shape index (κ1) is 19.5. The van der Waals surface area contributed by atoms with Crippen molar-refractivity contribution in [1.82, 2.24) is 4.41 Å². The molecule has 29 heavy (non-hydrogen) atoms. The van der Waals surface area contributed by atoms with Crippen LogP contribution in [0.1, 0.15) is 23.6 Å². The summed E-state index contributed by atoms with van der Waals surface area (Å²) in [5.74, 6) is 0.623. The molecule has 0 radical (unpaired) electrons. The van der Waals surface area contributed by atoms with E-state index >= 15 is 0 Å². The van der Waals surface area contributed by atoms with Gasteiger partial charge in [-0.3, -0.25) is 0 Å². The van der Waals surface area contributed by atoms with Gasteiger partial charge < -0.3 is 4.74 Å². The van der Waals surface area contributed by atoms with Gasteiger partial charge in [-0.05, 0) is 35.9 Å². The molecular formula is C22H19ClN2O3S. The first-order valence-electron chi connectivity index (χ1n) is 9.06. The first-order chi connectivity index (χ1) is 14.0. The Hall–Kier alpha value is -2.83. The van der Waals surface area contributed by atoms with E-state index in [-0.39, 0.29) is 4.90 Å². The van der Waals surface area contributed by atoms with Gasteiger partial charge in [0, 0.05) is 17.0 Å². The van der Waals surface area contributed by atoms with E-state index in [0.717, 1.165) is 11.1 Å². The Balaban J connectivity index is 1.83. The lowest BCUT2D eigenvalue weighted by Gasteiger charge is -2.24. The lowest BCUT2D eigenvalue weighted by Crippen LogP contribution is -2.27. The molecule has 1 aliphatic rings. The van der Waals surface area contributed by atoms with Gasteiger partial charge in [0.2, 0.25) is 0 Å². The molecule has 1 heterocycles. The van der Waals surface area contributed by atoms with Gasteiger partial charge in [-0.15, -0.1) is 0 Å². The van der Waals surface area contributed by atoms with Gasteiger partial charge in [0.05, 0.1) is 23.8 Å². The Kier molecular flexibility index (Phi) is 5.30. The van der Waals surface area contributed by atoms with Crippen LogP contribution in [0.15, 0.2) is 88.9 Å². The zero-order chi connectivity index (χ0) is 20.4. The van der Waals surface area contributed by atoms with E-state index in [2.05, 4.69) is 5.10 Å². The summed E-state index contributed by atoms with van der Waals surface area (Å²) >= 11 is 6.00. The minimum atomic E-state index is -3.85. The van der Waals surface area contributed by atoms with Gasteiger partial charge in [-0.25, -0.2) is 0 Å². The summed E-state index contributed by atoms with van der Waals surface area (Å²) in [6.45, 7) is 0. The van der Waals surface area contributed by atoms with E-state index in [1.807, 2.05) is 36.4 Å². The molecule has 0 aromatic heterocycles. The average Bonchev–Trinajstić information content (AvgIpc) is 3.21. The number of para-hydroxylation sites is 1. The molecule has 0 bridgehead atoms. The fraction of sp³-hybridized carbons (Fsp3) is 0.136. The molecule has 1 atom stereocenters. The number of hydrogen-bond donors (Lipinski definition) is 0. The Labute approximate surface area is 175 Å². The van der Waals surface area contributed by atoms with Gasteiger partial charge in [-0.1, -0.05) is 60.1 Å². The highest BCUT2D eigenvalue weighted by Crippen LogP contribution is 2.40. The molecule has 4 rings (SSSR count). The maximum Gasteiger partial charge on any atom is 0.279 e. The van der Waals surface area contributed by atoms with E-state index in [0.29, 0.717) is 22.9 Å². The van der Waals surface area contributed by atoms with Crippen molar-refractivity contribution in [3.63, 3.8) is 0 Å². The molecule has 5 nitrogen and oxygen atoms in total. The molecule has 0 N–H and O–H groups in total. The Morgan fingerprint density at radius 2 is 1.62 bits per heavy atom. The number of hydrazone groups is 1. The number of benzene rings is 3. The topological polar surface area (TPSA) is 59.0 Å². The van der Waals surface area contributed by atoms with Crippen molar-refractivity contribution in [2.75, 3.05) is 7.11 Å². The van der Waals surface area contributed by atoms with Crippen LogP contribution in [0.2, 0.25) is 5.02 Å².